The largest absolute Gasteiger partial charge is 0.444 e. The first-order valence-electron chi connectivity index (χ1n) is 15.4. The Labute approximate surface area is 275 Å². The smallest absolute Gasteiger partial charge is 0.407 e. The molecule has 5 aromatic rings. The molecule has 0 spiro atoms. The van der Waals surface area contributed by atoms with Gasteiger partial charge in [0.25, 0.3) is 5.56 Å². The van der Waals surface area contributed by atoms with E-state index < -0.39 is 22.9 Å². The van der Waals surface area contributed by atoms with Gasteiger partial charge in [0, 0.05) is 41.7 Å². The van der Waals surface area contributed by atoms with Crippen LogP contribution < -0.4 is 21.5 Å². The van der Waals surface area contributed by atoms with Crippen molar-refractivity contribution in [3.63, 3.8) is 0 Å². The molecule has 0 saturated carbocycles. The van der Waals surface area contributed by atoms with Crippen LogP contribution in [-0.2, 0) is 24.9 Å². The normalized spacial score (nSPS) is 15.4. The maximum Gasteiger partial charge on any atom is 0.407 e. The molecule has 1 N–H and O–H groups in total. The molecule has 6 rings (SSSR count). The minimum absolute atomic E-state index is 0.0186. The van der Waals surface area contributed by atoms with E-state index in [9.17, 15) is 14.4 Å². The minimum Gasteiger partial charge on any atom is -0.444 e. The zero-order valence-corrected chi connectivity index (χ0v) is 28.3. The molecule has 12 heteroatoms. The molecule has 0 radical (unpaired) electrons. The fourth-order valence-corrected chi connectivity index (χ4v) is 6.54. The van der Waals surface area contributed by atoms with Crippen molar-refractivity contribution in [1.29, 1.82) is 0 Å². The standard InChI is InChI=1S/C34H38BrN7O4/c1-21-17-22-11-6-8-14-25(22)27(36-21)20-42-30(43)28-29(39(5)33(42)45)38-31(41(28)18-23-12-7-9-15-26(23)35)40-16-10-13-24(19-40)37-32(44)46-34(2,3)4/h6-9,11-12,14-15,17,24H,10,13,16,18-20H2,1-5H3,(H,37,44)/t24-/m1/s1. The van der Waals surface area contributed by atoms with Crippen LogP contribution in [0.15, 0.2) is 68.7 Å². The predicted molar refractivity (Wildman–Crippen MR) is 183 cm³/mol. The van der Waals surface area contributed by atoms with Crippen LogP contribution in [-0.4, -0.2) is 54.5 Å². The topological polar surface area (TPSA) is 116 Å². The van der Waals surface area contributed by atoms with Crippen molar-refractivity contribution in [2.24, 2.45) is 7.05 Å². The summed E-state index contributed by atoms with van der Waals surface area (Å²) in [7, 11) is 1.64. The molecule has 3 aromatic heterocycles. The van der Waals surface area contributed by atoms with Crippen molar-refractivity contribution in [2.75, 3.05) is 18.0 Å². The lowest BCUT2D eigenvalue weighted by molar-refractivity contribution is 0.0499. The van der Waals surface area contributed by atoms with Gasteiger partial charge in [-0.2, -0.15) is 4.98 Å². The number of nitrogens with zero attached hydrogens (tertiary/aromatic N) is 6. The van der Waals surface area contributed by atoms with Crippen LogP contribution in [0.2, 0.25) is 0 Å². The summed E-state index contributed by atoms with van der Waals surface area (Å²) in [5.74, 6) is 0.561. The summed E-state index contributed by atoms with van der Waals surface area (Å²) < 4.78 is 11.0. The predicted octanol–water partition coefficient (Wildman–Crippen LogP) is 5.11. The highest BCUT2D eigenvalue weighted by Crippen LogP contribution is 2.27. The number of anilines is 1. The molecule has 1 aliphatic rings. The number of aryl methyl sites for hydroxylation is 2. The number of hydrogen-bond donors (Lipinski definition) is 1. The van der Waals surface area contributed by atoms with E-state index in [1.807, 2.05) is 86.9 Å². The highest BCUT2D eigenvalue weighted by atomic mass is 79.9. The zero-order valence-electron chi connectivity index (χ0n) is 26.7. The summed E-state index contributed by atoms with van der Waals surface area (Å²) in [5.41, 5.74) is 1.53. The fraction of sp³-hybridized carbons (Fsp3) is 0.382. The van der Waals surface area contributed by atoms with Crippen LogP contribution in [0.5, 0.6) is 0 Å². The number of fused-ring (bicyclic) bond motifs is 2. The van der Waals surface area contributed by atoms with Gasteiger partial charge in [-0.1, -0.05) is 58.4 Å². The van der Waals surface area contributed by atoms with Crippen LogP contribution in [0.4, 0.5) is 10.7 Å². The highest BCUT2D eigenvalue weighted by molar-refractivity contribution is 9.10. The molecular weight excluding hydrogens is 650 g/mol. The van der Waals surface area contributed by atoms with Crippen molar-refractivity contribution in [1.82, 2.24) is 29.0 Å². The van der Waals surface area contributed by atoms with Crippen molar-refractivity contribution >= 4 is 49.9 Å². The number of piperidine rings is 1. The van der Waals surface area contributed by atoms with Crippen LogP contribution in [0.1, 0.15) is 50.6 Å². The molecule has 1 aliphatic heterocycles. The molecule has 1 amide bonds. The number of carbonyl (C=O) groups is 1. The summed E-state index contributed by atoms with van der Waals surface area (Å²) in [4.78, 5) is 52.6. The molecule has 0 unspecified atom stereocenters. The van der Waals surface area contributed by atoms with Crippen molar-refractivity contribution < 1.29 is 9.53 Å². The lowest BCUT2D eigenvalue weighted by atomic mass is 10.1. The SMILES string of the molecule is Cc1cc2ccccc2c(Cn2c(=O)c3c(nc(N4CCC[C@@H](NC(=O)OC(C)(C)C)C4)n3Cc3ccccc3Br)n(C)c2=O)n1. The number of rotatable bonds is 6. The first-order valence-corrected chi connectivity index (χ1v) is 16.2. The molecule has 46 heavy (non-hydrogen) atoms. The van der Waals surface area contributed by atoms with Crippen molar-refractivity contribution in [3.8, 4) is 0 Å². The number of hydrogen-bond acceptors (Lipinski definition) is 7. The number of alkyl carbamates (subject to hydrolysis) is 1. The number of carbonyl (C=O) groups excluding carboxylic acids is 1. The molecule has 4 heterocycles. The van der Waals surface area contributed by atoms with Gasteiger partial charge in [0.1, 0.15) is 5.60 Å². The van der Waals surface area contributed by atoms with E-state index in [0.717, 1.165) is 39.3 Å². The van der Waals surface area contributed by atoms with Gasteiger partial charge >= 0.3 is 11.8 Å². The molecule has 1 fully saturated rings. The molecule has 2 aromatic carbocycles. The van der Waals surface area contributed by atoms with Gasteiger partial charge < -0.3 is 15.0 Å². The van der Waals surface area contributed by atoms with Gasteiger partial charge in [0.2, 0.25) is 5.95 Å². The Morgan fingerprint density at radius 3 is 2.54 bits per heavy atom. The molecule has 0 aliphatic carbocycles. The zero-order chi connectivity index (χ0) is 32.7. The summed E-state index contributed by atoms with van der Waals surface area (Å²) in [5, 5.41) is 4.89. The Kier molecular flexibility index (Phi) is 8.49. The lowest BCUT2D eigenvalue weighted by Gasteiger charge is -2.34. The van der Waals surface area contributed by atoms with Crippen LogP contribution in [0, 0.1) is 6.92 Å². The third-order valence-electron chi connectivity index (χ3n) is 8.18. The third-order valence-corrected chi connectivity index (χ3v) is 8.95. The van der Waals surface area contributed by atoms with E-state index in [-0.39, 0.29) is 12.6 Å². The number of aromatic nitrogens is 5. The average molecular weight is 689 g/mol. The number of benzene rings is 2. The monoisotopic (exact) mass is 687 g/mol. The van der Waals surface area contributed by atoms with Crippen LogP contribution in [0.25, 0.3) is 21.9 Å². The van der Waals surface area contributed by atoms with E-state index in [1.165, 1.54) is 9.13 Å². The molecular formula is C34H38BrN7O4. The number of imidazole rings is 1. The molecule has 11 nitrogen and oxygen atoms in total. The number of nitrogens with one attached hydrogen (secondary N) is 1. The Balaban J connectivity index is 1.47. The van der Waals surface area contributed by atoms with E-state index in [4.69, 9.17) is 14.7 Å². The first kappa shape index (κ1) is 31.5. The second-order valence-corrected chi connectivity index (χ2v) is 13.7. The average Bonchev–Trinajstić information content (AvgIpc) is 3.38. The fourth-order valence-electron chi connectivity index (χ4n) is 6.12. The van der Waals surface area contributed by atoms with Crippen molar-refractivity contribution in [2.45, 2.75) is 65.3 Å². The van der Waals surface area contributed by atoms with Gasteiger partial charge in [-0.3, -0.25) is 23.5 Å². The molecule has 1 atom stereocenters. The minimum atomic E-state index is -0.611. The van der Waals surface area contributed by atoms with Crippen LogP contribution in [0.3, 0.4) is 0 Å². The van der Waals surface area contributed by atoms with Gasteiger partial charge in [0.15, 0.2) is 11.2 Å². The van der Waals surface area contributed by atoms with E-state index in [1.54, 1.807) is 7.05 Å². The van der Waals surface area contributed by atoms with E-state index in [0.29, 0.717) is 42.4 Å². The number of pyridine rings is 1. The molecule has 240 valence electrons. The van der Waals surface area contributed by atoms with E-state index >= 15 is 0 Å². The lowest BCUT2D eigenvalue weighted by Crippen LogP contribution is -2.49. The number of ether oxygens (including phenoxy) is 1. The van der Waals surface area contributed by atoms with Gasteiger partial charge in [-0.25, -0.2) is 9.59 Å². The summed E-state index contributed by atoms with van der Waals surface area (Å²) in [6.07, 6.45) is 1.11. The number of amides is 1. The summed E-state index contributed by atoms with van der Waals surface area (Å²) >= 11 is 3.66. The highest BCUT2D eigenvalue weighted by Gasteiger charge is 2.29. The quantitative estimate of drug-likeness (QED) is 0.264. The molecule has 1 saturated heterocycles. The van der Waals surface area contributed by atoms with E-state index in [2.05, 4.69) is 26.1 Å². The second-order valence-electron chi connectivity index (χ2n) is 12.9. The van der Waals surface area contributed by atoms with Gasteiger partial charge in [-0.15, -0.1) is 0 Å². The Hall–Kier alpha value is -4.45. The summed E-state index contributed by atoms with van der Waals surface area (Å²) in [6.45, 7) is 8.91. The van der Waals surface area contributed by atoms with Crippen molar-refractivity contribution in [3.05, 3.63) is 96.9 Å². The maximum atomic E-state index is 14.4. The molecule has 0 bridgehead atoms. The first-order chi connectivity index (χ1) is 21.9. The second kappa shape index (κ2) is 12.4. The van der Waals surface area contributed by atoms with Gasteiger partial charge in [0.05, 0.1) is 18.8 Å². The van der Waals surface area contributed by atoms with Gasteiger partial charge in [-0.05, 0) is 63.6 Å². The Bertz CT molecular complexity index is 2070. The Morgan fingerprint density at radius 2 is 1.78 bits per heavy atom. The third kappa shape index (κ3) is 6.31. The maximum absolute atomic E-state index is 14.4. The summed E-state index contributed by atoms with van der Waals surface area (Å²) in [6, 6.07) is 17.5. The Morgan fingerprint density at radius 1 is 1.04 bits per heavy atom. The van der Waals surface area contributed by atoms with Crippen LogP contribution >= 0.6 is 15.9 Å². The number of halogens is 1.